The molecule has 88 valence electrons. The number of aliphatic hydroxyl groups is 1. The van der Waals surface area contributed by atoms with E-state index in [1.54, 1.807) is 0 Å². The van der Waals surface area contributed by atoms with Gasteiger partial charge in [-0.15, -0.1) is 0 Å². The number of hydrogen-bond donors (Lipinski definition) is 2. The number of likely N-dealkylation sites (N-methyl/N-ethyl adjacent to an activating group) is 1. The fourth-order valence-corrected chi connectivity index (χ4v) is 2.46. The summed E-state index contributed by atoms with van der Waals surface area (Å²) in [7, 11) is 2.09. The lowest BCUT2D eigenvalue weighted by Gasteiger charge is -2.37. The third-order valence-electron chi connectivity index (χ3n) is 3.14. The smallest absolute Gasteiger partial charge is 0.0912 e. The number of likely N-dealkylation sites (tertiary alicyclic amines) is 1. The molecule has 1 aromatic carbocycles. The van der Waals surface area contributed by atoms with Gasteiger partial charge in [-0.3, -0.25) is 0 Å². The summed E-state index contributed by atoms with van der Waals surface area (Å²) in [6.07, 6.45) is -0.615. The molecule has 1 aliphatic rings. The van der Waals surface area contributed by atoms with E-state index >= 15 is 0 Å². The highest BCUT2D eigenvalue weighted by atomic mass is 35.5. The van der Waals surface area contributed by atoms with Crippen LogP contribution in [0.25, 0.3) is 0 Å². The van der Waals surface area contributed by atoms with Crippen molar-refractivity contribution in [1.82, 2.24) is 4.90 Å². The van der Waals surface area contributed by atoms with Gasteiger partial charge in [-0.1, -0.05) is 23.7 Å². The third kappa shape index (κ3) is 2.23. The number of nitrogens with zero attached hydrogens (tertiary/aromatic N) is 1. The van der Waals surface area contributed by atoms with Crippen LogP contribution in [0.15, 0.2) is 18.2 Å². The zero-order valence-corrected chi connectivity index (χ0v) is 10.1. The van der Waals surface area contributed by atoms with Gasteiger partial charge in [0.05, 0.1) is 6.10 Å². The highest BCUT2D eigenvalue weighted by Crippen LogP contribution is 2.32. The monoisotopic (exact) mass is 240 g/mol. The number of halogens is 1. The lowest BCUT2D eigenvalue weighted by atomic mass is 9.91. The zero-order valence-electron chi connectivity index (χ0n) is 9.36. The first-order chi connectivity index (χ1) is 7.61. The highest BCUT2D eigenvalue weighted by Gasteiger charge is 2.26. The fourth-order valence-electron chi connectivity index (χ4n) is 2.11. The summed E-state index contributed by atoms with van der Waals surface area (Å²) in [5, 5.41) is 10.3. The number of rotatable bonds is 3. The molecule has 1 unspecified atom stereocenters. The van der Waals surface area contributed by atoms with Crippen LogP contribution in [0.3, 0.4) is 0 Å². The van der Waals surface area contributed by atoms with E-state index in [1.807, 2.05) is 18.2 Å². The minimum Gasteiger partial charge on any atom is -0.387 e. The lowest BCUT2D eigenvalue weighted by Crippen LogP contribution is -2.41. The van der Waals surface area contributed by atoms with Crippen molar-refractivity contribution in [3.05, 3.63) is 34.3 Å². The molecule has 0 aromatic heterocycles. The highest BCUT2D eigenvalue weighted by molar-refractivity contribution is 6.31. The van der Waals surface area contributed by atoms with E-state index in [0.29, 0.717) is 5.92 Å². The van der Waals surface area contributed by atoms with Crippen molar-refractivity contribution < 1.29 is 5.11 Å². The van der Waals surface area contributed by atoms with Crippen LogP contribution in [0.4, 0.5) is 0 Å². The second kappa shape index (κ2) is 4.72. The van der Waals surface area contributed by atoms with Crippen molar-refractivity contribution in [2.24, 2.45) is 5.73 Å². The first kappa shape index (κ1) is 11.9. The van der Waals surface area contributed by atoms with Crippen molar-refractivity contribution >= 4 is 11.6 Å². The predicted octanol–water partition coefficient (Wildman–Crippen LogP) is 1.36. The van der Waals surface area contributed by atoms with Crippen molar-refractivity contribution in [3.8, 4) is 0 Å². The quantitative estimate of drug-likeness (QED) is 0.839. The summed E-state index contributed by atoms with van der Waals surface area (Å²) in [5.74, 6) is 0.529. The molecule has 0 bridgehead atoms. The number of nitrogens with two attached hydrogens (primary N) is 1. The Morgan fingerprint density at radius 3 is 2.75 bits per heavy atom. The average Bonchev–Trinajstić information content (AvgIpc) is 2.24. The summed E-state index contributed by atoms with van der Waals surface area (Å²) in [6, 6.07) is 5.75. The summed E-state index contributed by atoms with van der Waals surface area (Å²) < 4.78 is 0. The summed E-state index contributed by atoms with van der Waals surface area (Å²) >= 11 is 6.22. The largest absolute Gasteiger partial charge is 0.387 e. The fraction of sp³-hybridized carbons (Fsp3) is 0.500. The summed E-state index contributed by atoms with van der Waals surface area (Å²) in [5.41, 5.74) is 7.38. The van der Waals surface area contributed by atoms with Crippen LogP contribution in [0, 0.1) is 0 Å². The molecule has 1 atom stereocenters. The number of hydrogen-bond acceptors (Lipinski definition) is 3. The Balaban J connectivity index is 2.17. The van der Waals surface area contributed by atoms with E-state index in [-0.39, 0.29) is 6.54 Å². The van der Waals surface area contributed by atoms with Crippen LogP contribution in [0.5, 0.6) is 0 Å². The van der Waals surface area contributed by atoms with Gasteiger partial charge in [-0.05, 0) is 24.2 Å². The van der Waals surface area contributed by atoms with Gasteiger partial charge >= 0.3 is 0 Å². The molecule has 1 heterocycles. The van der Waals surface area contributed by atoms with Gasteiger partial charge in [0.2, 0.25) is 0 Å². The van der Waals surface area contributed by atoms with E-state index in [2.05, 4.69) is 11.9 Å². The Morgan fingerprint density at radius 2 is 2.25 bits per heavy atom. The van der Waals surface area contributed by atoms with Crippen LogP contribution in [-0.4, -0.2) is 36.7 Å². The minimum atomic E-state index is -0.615. The van der Waals surface area contributed by atoms with Crippen molar-refractivity contribution in [3.63, 3.8) is 0 Å². The van der Waals surface area contributed by atoms with Crippen molar-refractivity contribution in [1.29, 1.82) is 0 Å². The minimum absolute atomic E-state index is 0.224. The molecule has 1 fully saturated rings. The molecule has 0 amide bonds. The average molecular weight is 241 g/mol. The van der Waals surface area contributed by atoms with E-state index in [0.717, 1.165) is 23.7 Å². The van der Waals surface area contributed by atoms with Gasteiger partial charge in [0, 0.05) is 30.6 Å². The molecular formula is C12H17ClN2O. The predicted molar refractivity (Wildman–Crippen MR) is 65.7 cm³/mol. The first-order valence-corrected chi connectivity index (χ1v) is 5.85. The Hall–Kier alpha value is -0.610. The molecule has 3 nitrogen and oxygen atoms in total. The van der Waals surface area contributed by atoms with Crippen LogP contribution >= 0.6 is 11.6 Å². The van der Waals surface area contributed by atoms with Crippen LogP contribution < -0.4 is 5.73 Å². The van der Waals surface area contributed by atoms with Crippen LogP contribution in [0.1, 0.15) is 23.1 Å². The summed E-state index contributed by atoms with van der Waals surface area (Å²) in [4.78, 5) is 2.25. The van der Waals surface area contributed by atoms with Gasteiger partial charge in [-0.25, -0.2) is 0 Å². The van der Waals surface area contributed by atoms with Crippen LogP contribution in [0.2, 0.25) is 5.02 Å². The van der Waals surface area contributed by atoms with E-state index in [9.17, 15) is 5.11 Å². The molecule has 0 aliphatic carbocycles. The zero-order chi connectivity index (χ0) is 11.7. The molecule has 3 N–H and O–H groups in total. The molecule has 1 aliphatic heterocycles. The Morgan fingerprint density at radius 1 is 1.56 bits per heavy atom. The Kier molecular flexibility index (Phi) is 3.50. The molecule has 16 heavy (non-hydrogen) atoms. The van der Waals surface area contributed by atoms with Gasteiger partial charge in [0.25, 0.3) is 0 Å². The van der Waals surface area contributed by atoms with Gasteiger partial charge in [-0.2, -0.15) is 0 Å². The molecule has 2 rings (SSSR count). The van der Waals surface area contributed by atoms with E-state index in [4.69, 9.17) is 17.3 Å². The summed E-state index contributed by atoms with van der Waals surface area (Å²) in [6.45, 7) is 2.33. The molecular weight excluding hydrogens is 224 g/mol. The maximum Gasteiger partial charge on any atom is 0.0912 e. The molecule has 1 aromatic rings. The van der Waals surface area contributed by atoms with Crippen molar-refractivity contribution in [2.75, 3.05) is 26.7 Å². The first-order valence-electron chi connectivity index (χ1n) is 5.48. The normalized spacial score (nSPS) is 19.5. The molecule has 4 heteroatoms. The van der Waals surface area contributed by atoms with Crippen LogP contribution in [-0.2, 0) is 0 Å². The van der Waals surface area contributed by atoms with Gasteiger partial charge in [0.1, 0.15) is 0 Å². The molecule has 1 saturated heterocycles. The third-order valence-corrected chi connectivity index (χ3v) is 3.46. The number of aliphatic hydroxyl groups excluding tert-OH is 1. The van der Waals surface area contributed by atoms with Gasteiger partial charge < -0.3 is 15.7 Å². The van der Waals surface area contributed by atoms with Gasteiger partial charge in [0.15, 0.2) is 0 Å². The Labute approximate surface area is 101 Å². The van der Waals surface area contributed by atoms with E-state index in [1.165, 1.54) is 5.56 Å². The topological polar surface area (TPSA) is 49.5 Å². The van der Waals surface area contributed by atoms with E-state index < -0.39 is 6.10 Å². The molecule has 0 saturated carbocycles. The number of benzene rings is 1. The molecule has 0 spiro atoms. The Bertz CT molecular complexity index is 377. The molecule has 0 radical (unpaired) electrons. The van der Waals surface area contributed by atoms with Crippen molar-refractivity contribution in [2.45, 2.75) is 12.0 Å². The maximum atomic E-state index is 9.60. The second-order valence-corrected chi connectivity index (χ2v) is 4.86. The second-order valence-electron chi connectivity index (χ2n) is 4.45. The maximum absolute atomic E-state index is 9.60. The lowest BCUT2D eigenvalue weighted by molar-refractivity contribution is 0.185. The SMILES string of the molecule is CN1CC(c2ccc(C(O)CN)cc2Cl)C1. The standard InChI is InChI=1S/C12H17ClN2O/c1-15-6-9(7-15)10-3-2-8(4-11(10)13)12(16)5-14/h2-4,9,12,16H,5-7,14H2,1H3.